The number of allylic oxidation sites excluding steroid dienone is 2. The van der Waals surface area contributed by atoms with Crippen LogP contribution in [0.15, 0.2) is 145 Å². The van der Waals surface area contributed by atoms with Crippen LogP contribution in [0.1, 0.15) is 28.8 Å². The number of aromatic nitrogens is 2. The lowest BCUT2D eigenvalue weighted by Crippen LogP contribution is -2.01. The second-order valence-corrected chi connectivity index (χ2v) is 12.6. The molecule has 0 saturated carbocycles. The van der Waals surface area contributed by atoms with Crippen LogP contribution < -0.4 is 0 Å². The van der Waals surface area contributed by atoms with Gasteiger partial charge in [0.25, 0.3) is 0 Å². The quantitative estimate of drug-likeness (QED) is 0.190. The molecule has 0 N–H and O–H groups in total. The molecule has 0 spiro atoms. The number of rotatable bonds is 4. The molecule has 0 radical (unpaired) electrons. The standard InChI is InChI=1S/C46H27N5/c47-27-30-10-9-19-44-40(24-30)38-15-5-8-18-43(38)50(44)45-26-32(21-22-33(45)29-49)34-11-1-2-12-35(34)36-13-3-6-16-41(36)51-42-17-7-4-14-37(42)39-23-20-31(28-48)25-46(39)51/h1-9,11-26H,10H2. The lowest BCUT2D eigenvalue weighted by atomic mass is 9.92. The molecule has 8 aromatic rings. The van der Waals surface area contributed by atoms with Gasteiger partial charge < -0.3 is 9.13 Å². The lowest BCUT2D eigenvalue weighted by Gasteiger charge is -2.18. The predicted molar refractivity (Wildman–Crippen MR) is 205 cm³/mol. The van der Waals surface area contributed by atoms with E-state index in [1.165, 1.54) is 0 Å². The molecule has 5 heteroatoms. The van der Waals surface area contributed by atoms with Crippen LogP contribution in [0, 0.1) is 34.0 Å². The van der Waals surface area contributed by atoms with Gasteiger partial charge in [0.1, 0.15) is 6.07 Å². The van der Waals surface area contributed by atoms with Gasteiger partial charge in [-0.3, -0.25) is 0 Å². The predicted octanol–water partition coefficient (Wildman–Crippen LogP) is 11.1. The number of hydrogen-bond donors (Lipinski definition) is 0. The van der Waals surface area contributed by atoms with Gasteiger partial charge in [0, 0.05) is 39.3 Å². The summed E-state index contributed by atoms with van der Waals surface area (Å²) in [7, 11) is 0. The van der Waals surface area contributed by atoms with Crippen LogP contribution in [0.5, 0.6) is 0 Å². The molecule has 0 bridgehead atoms. The summed E-state index contributed by atoms with van der Waals surface area (Å²) in [6.07, 6.45) is 6.62. The smallest absolute Gasteiger partial charge is 0.101 e. The van der Waals surface area contributed by atoms with Crippen molar-refractivity contribution in [2.45, 2.75) is 6.42 Å². The van der Waals surface area contributed by atoms with E-state index >= 15 is 0 Å². The number of nitrogens with zero attached hydrogens (tertiary/aromatic N) is 5. The first-order chi connectivity index (χ1) is 25.2. The summed E-state index contributed by atoms with van der Waals surface area (Å²) >= 11 is 0. The number of hydrogen-bond acceptors (Lipinski definition) is 3. The Kier molecular flexibility index (Phi) is 6.96. The SMILES string of the molecule is N#CC1=Cc2c(n(-c3cc(-c4ccccc4-c4ccccc4-n4c5ccccc5c5ccc(C#N)cc54)ccc3C#N)c3ccccc23)C=CC1. The van der Waals surface area contributed by atoms with E-state index < -0.39 is 0 Å². The molecule has 51 heavy (non-hydrogen) atoms. The molecular weight excluding hydrogens is 623 g/mol. The molecule has 9 rings (SSSR count). The van der Waals surface area contributed by atoms with Crippen molar-refractivity contribution >= 4 is 44.9 Å². The number of fused-ring (bicyclic) bond motifs is 6. The van der Waals surface area contributed by atoms with Crippen LogP contribution in [-0.2, 0) is 0 Å². The second kappa shape index (κ2) is 11.9. The molecule has 0 unspecified atom stereocenters. The van der Waals surface area contributed by atoms with Crippen molar-refractivity contribution in [2.24, 2.45) is 0 Å². The molecule has 0 atom stereocenters. The van der Waals surface area contributed by atoms with E-state index in [-0.39, 0.29) is 0 Å². The molecule has 0 saturated heterocycles. The Hall–Kier alpha value is -7.39. The van der Waals surface area contributed by atoms with E-state index in [4.69, 9.17) is 0 Å². The summed E-state index contributed by atoms with van der Waals surface area (Å²) in [5.74, 6) is 0. The van der Waals surface area contributed by atoms with Crippen LogP contribution in [0.4, 0.5) is 0 Å². The van der Waals surface area contributed by atoms with Gasteiger partial charge in [-0.1, -0.05) is 97.1 Å². The molecule has 2 heterocycles. The molecule has 5 nitrogen and oxygen atoms in total. The fourth-order valence-corrected chi connectivity index (χ4v) is 7.61. The van der Waals surface area contributed by atoms with Gasteiger partial charge in [0.15, 0.2) is 0 Å². The first-order valence-electron chi connectivity index (χ1n) is 16.8. The Morgan fingerprint density at radius 2 is 1.20 bits per heavy atom. The van der Waals surface area contributed by atoms with Crippen molar-refractivity contribution in [3.8, 4) is 51.8 Å². The van der Waals surface area contributed by atoms with Crippen molar-refractivity contribution in [2.75, 3.05) is 0 Å². The minimum atomic E-state index is 0.556. The molecule has 0 fully saturated rings. The summed E-state index contributed by atoms with van der Waals surface area (Å²) in [4.78, 5) is 0. The highest BCUT2D eigenvalue weighted by Gasteiger charge is 2.22. The van der Waals surface area contributed by atoms with Crippen LogP contribution in [0.25, 0.3) is 78.5 Å². The van der Waals surface area contributed by atoms with Gasteiger partial charge in [-0.15, -0.1) is 0 Å². The van der Waals surface area contributed by atoms with Crippen molar-refractivity contribution in [1.82, 2.24) is 9.13 Å². The fraction of sp³-hybridized carbons (Fsp3) is 0.0217. The lowest BCUT2D eigenvalue weighted by molar-refractivity contribution is 1.10. The Labute approximate surface area is 294 Å². The summed E-state index contributed by atoms with van der Waals surface area (Å²) in [6.45, 7) is 0. The fourth-order valence-electron chi connectivity index (χ4n) is 7.61. The van der Waals surface area contributed by atoms with E-state index in [9.17, 15) is 15.8 Å². The molecule has 0 aliphatic heterocycles. The zero-order valence-electron chi connectivity index (χ0n) is 27.4. The first-order valence-corrected chi connectivity index (χ1v) is 16.8. The Balaban J connectivity index is 1.28. The average Bonchev–Trinajstić information content (AvgIpc) is 3.58. The number of nitriles is 3. The van der Waals surface area contributed by atoms with Gasteiger partial charge in [0.2, 0.25) is 0 Å². The van der Waals surface area contributed by atoms with Gasteiger partial charge in [-0.05, 0) is 71.3 Å². The van der Waals surface area contributed by atoms with Gasteiger partial charge >= 0.3 is 0 Å². The van der Waals surface area contributed by atoms with Crippen LogP contribution in [0.2, 0.25) is 0 Å². The topological polar surface area (TPSA) is 81.2 Å². The molecule has 1 aliphatic carbocycles. The maximum Gasteiger partial charge on any atom is 0.101 e. The largest absolute Gasteiger partial charge is 0.309 e. The highest BCUT2D eigenvalue weighted by Crippen LogP contribution is 2.41. The molecule has 6 aromatic carbocycles. The Morgan fingerprint density at radius 1 is 0.510 bits per heavy atom. The normalized spacial score (nSPS) is 12.2. The van der Waals surface area contributed by atoms with Crippen molar-refractivity contribution in [3.63, 3.8) is 0 Å². The van der Waals surface area contributed by atoms with Crippen molar-refractivity contribution < 1.29 is 0 Å². The minimum absolute atomic E-state index is 0.556. The Bertz CT molecular complexity index is 2930. The molecular formula is C46H27N5. The van der Waals surface area contributed by atoms with Crippen LogP contribution >= 0.6 is 0 Å². The maximum atomic E-state index is 10.4. The Morgan fingerprint density at radius 3 is 1.98 bits per heavy atom. The summed E-state index contributed by atoms with van der Waals surface area (Å²) in [5, 5.41) is 33.3. The maximum absolute atomic E-state index is 10.4. The van der Waals surface area contributed by atoms with Crippen molar-refractivity contribution in [3.05, 3.63) is 167 Å². The molecule has 236 valence electrons. The zero-order chi connectivity index (χ0) is 34.5. The van der Waals surface area contributed by atoms with E-state index in [0.29, 0.717) is 23.1 Å². The van der Waals surface area contributed by atoms with Crippen LogP contribution in [0.3, 0.4) is 0 Å². The summed E-state index contributed by atoms with van der Waals surface area (Å²) < 4.78 is 4.42. The minimum Gasteiger partial charge on any atom is -0.309 e. The zero-order valence-corrected chi connectivity index (χ0v) is 27.4. The van der Waals surface area contributed by atoms with Gasteiger partial charge in [-0.2, -0.15) is 15.8 Å². The second-order valence-electron chi connectivity index (χ2n) is 12.6. The number of benzene rings is 6. The van der Waals surface area contributed by atoms with Gasteiger partial charge in [-0.25, -0.2) is 0 Å². The van der Waals surface area contributed by atoms with Crippen molar-refractivity contribution in [1.29, 1.82) is 15.8 Å². The summed E-state index contributed by atoms with van der Waals surface area (Å²) in [6, 6.07) is 52.4. The third-order valence-electron chi connectivity index (χ3n) is 9.86. The van der Waals surface area contributed by atoms with E-state index in [2.05, 4.69) is 118 Å². The van der Waals surface area contributed by atoms with Crippen LogP contribution in [-0.4, -0.2) is 9.13 Å². The third kappa shape index (κ3) is 4.67. The van der Waals surface area contributed by atoms with Gasteiger partial charge in [0.05, 0.1) is 56.9 Å². The van der Waals surface area contributed by atoms with E-state index in [1.54, 1.807) is 0 Å². The average molecular weight is 650 g/mol. The molecule has 2 aromatic heterocycles. The number of para-hydroxylation sites is 3. The third-order valence-corrected chi connectivity index (χ3v) is 9.86. The highest BCUT2D eigenvalue weighted by atomic mass is 15.0. The highest BCUT2D eigenvalue weighted by molar-refractivity contribution is 6.10. The molecule has 0 amide bonds. The molecule has 1 aliphatic rings. The van der Waals surface area contributed by atoms with E-state index in [1.807, 2.05) is 60.7 Å². The first kappa shape index (κ1) is 29.7. The van der Waals surface area contributed by atoms with E-state index in [0.717, 1.165) is 77.6 Å². The monoisotopic (exact) mass is 649 g/mol. The summed E-state index contributed by atoms with van der Waals surface area (Å²) in [5.41, 5.74) is 12.7.